The van der Waals surface area contributed by atoms with Crippen molar-refractivity contribution in [2.75, 3.05) is 5.75 Å². The summed E-state index contributed by atoms with van der Waals surface area (Å²) in [5.74, 6) is 0.745. The number of nitriles is 1. The van der Waals surface area contributed by atoms with Gasteiger partial charge in [0.1, 0.15) is 4.83 Å². The van der Waals surface area contributed by atoms with E-state index in [1.807, 2.05) is 66.7 Å². The SMILES string of the molecule is N#CCCCSc1nc2sc(-c3ccccc3)cc2c(=O)n1-c1ccccc1. The van der Waals surface area contributed by atoms with Gasteiger partial charge in [0.15, 0.2) is 5.16 Å². The summed E-state index contributed by atoms with van der Waals surface area (Å²) in [6.45, 7) is 0. The fraction of sp³-hybridized carbons (Fsp3) is 0.136. The zero-order valence-corrected chi connectivity index (χ0v) is 16.7. The second-order valence-corrected chi connectivity index (χ2v) is 8.27. The topological polar surface area (TPSA) is 58.7 Å². The minimum Gasteiger partial charge on any atom is -0.268 e. The lowest BCUT2D eigenvalue weighted by atomic mass is 10.2. The molecular formula is C22H17N3OS2. The number of hydrogen-bond acceptors (Lipinski definition) is 5. The van der Waals surface area contributed by atoms with E-state index < -0.39 is 0 Å². The number of hydrogen-bond donors (Lipinski definition) is 0. The van der Waals surface area contributed by atoms with E-state index in [2.05, 4.69) is 6.07 Å². The zero-order chi connectivity index (χ0) is 19.3. The van der Waals surface area contributed by atoms with Crippen LogP contribution >= 0.6 is 23.1 Å². The van der Waals surface area contributed by atoms with Crippen molar-refractivity contribution in [2.24, 2.45) is 0 Å². The van der Waals surface area contributed by atoms with Crippen LogP contribution in [0.4, 0.5) is 0 Å². The molecule has 0 N–H and O–H groups in total. The third kappa shape index (κ3) is 3.72. The maximum atomic E-state index is 13.3. The van der Waals surface area contributed by atoms with E-state index in [9.17, 15) is 4.79 Å². The Morgan fingerprint density at radius 3 is 2.50 bits per heavy atom. The molecule has 0 radical (unpaired) electrons. The average Bonchev–Trinajstić information content (AvgIpc) is 3.17. The molecule has 0 aliphatic heterocycles. The Bertz CT molecular complexity index is 1190. The standard InChI is InChI=1S/C22H17N3OS2/c23-13-7-8-14-27-22-24-20-18(15-19(28-20)16-9-3-1-4-10-16)21(26)25(22)17-11-5-2-6-12-17/h1-6,9-12,15H,7-8,14H2. The Balaban J connectivity index is 1.85. The predicted octanol–water partition coefficient (Wildman–Crippen LogP) is 5.51. The number of thiophene rings is 1. The molecule has 4 aromatic rings. The van der Waals surface area contributed by atoms with Crippen molar-refractivity contribution < 1.29 is 0 Å². The first kappa shape index (κ1) is 18.5. The summed E-state index contributed by atoms with van der Waals surface area (Å²) in [6.07, 6.45) is 1.27. The van der Waals surface area contributed by atoms with Gasteiger partial charge in [0.25, 0.3) is 5.56 Å². The molecule has 0 bridgehead atoms. The van der Waals surface area contributed by atoms with Crippen molar-refractivity contribution in [1.82, 2.24) is 9.55 Å². The Labute approximate surface area is 171 Å². The molecule has 6 heteroatoms. The van der Waals surface area contributed by atoms with Gasteiger partial charge in [0.05, 0.1) is 17.1 Å². The molecule has 0 fully saturated rings. The monoisotopic (exact) mass is 403 g/mol. The average molecular weight is 404 g/mol. The number of nitrogens with zero attached hydrogens (tertiary/aromatic N) is 3. The summed E-state index contributed by atoms with van der Waals surface area (Å²) >= 11 is 3.06. The van der Waals surface area contributed by atoms with Gasteiger partial charge in [-0.3, -0.25) is 9.36 Å². The summed E-state index contributed by atoms with van der Waals surface area (Å²) in [4.78, 5) is 19.9. The van der Waals surface area contributed by atoms with Gasteiger partial charge in [-0.15, -0.1) is 11.3 Å². The highest BCUT2D eigenvalue weighted by atomic mass is 32.2. The lowest BCUT2D eigenvalue weighted by Gasteiger charge is -2.11. The molecule has 2 aromatic heterocycles. The number of thioether (sulfide) groups is 1. The third-order valence-electron chi connectivity index (χ3n) is 4.27. The molecule has 0 spiro atoms. The van der Waals surface area contributed by atoms with Crippen molar-refractivity contribution in [2.45, 2.75) is 18.0 Å². The maximum absolute atomic E-state index is 13.3. The van der Waals surface area contributed by atoms with Gasteiger partial charge in [-0.25, -0.2) is 4.98 Å². The van der Waals surface area contributed by atoms with E-state index in [0.29, 0.717) is 17.0 Å². The van der Waals surface area contributed by atoms with Gasteiger partial charge in [0, 0.05) is 17.1 Å². The zero-order valence-electron chi connectivity index (χ0n) is 15.0. The number of unbranched alkanes of at least 4 members (excludes halogenated alkanes) is 1. The van der Waals surface area contributed by atoms with Crippen molar-refractivity contribution in [1.29, 1.82) is 5.26 Å². The lowest BCUT2D eigenvalue weighted by Crippen LogP contribution is -2.21. The number of fused-ring (bicyclic) bond motifs is 1. The van der Waals surface area contributed by atoms with E-state index in [1.165, 1.54) is 23.1 Å². The van der Waals surface area contributed by atoms with Crippen molar-refractivity contribution in [3.63, 3.8) is 0 Å². The first-order valence-electron chi connectivity index (χ1n) is 8.95. The second kappa shape index (κ2) is 8.42. The maximum Gasteiger partial charge on any atom is 0.267 e. The van der Waals surface area contributed by atoms with Crippen LogP contribution in [0.15, 0.2) is 76.7 Å². The normalized spacial score (nSPS) is 10.8. The molecule has 0 saturated carbocycles. The number of benzene rings is 2. The highest BCUT2D eigenvalue weighted by molar-refractivity contribution is 7.99. The number of aromatic nitrogens is 2. The van der Waals surface area contributed by atoms with E-state index in [0.717, 1.165) is 33.1 Å². The van der Waals surface area contributed by atoms with Gasteiger partial charge in [-0.05, 0) is 30.2 Å². The molecule has 4 rings (SSSR count). The van der Waals surface area contributed by atoms with Crippen molar-refractivity contribution >= 4 is 33.3 Å². The van der Waals surface area contributed by atoms with E-state index in [1.54, 1.807) is 4.57 Å². The lowest BCUT2D eigenvalue weighted by molar-refractivity contribution is 0.820. The Kier molecular flexibility index (Phi) is 5.56. The minimum absolute atomic E-state index is 0.0579. The Hall–Kier alpha value is -2.88. The van der Waals surface area contributed by atoms with E-state index in [-0.39, 0.29) is 5.56 Å². The van der Waals surface area contributed by atoms with Crippen LogP contribution in [0.1, 0.15) is 12.8 Å². The molecule has 0 aliphatic carbocycles. The fourth-order valence-corrected chi connectivity index (χ4v) is 4.95. The Morgan fingerprint density at radius 1 is 1.07 bits per heavy atom. The highest BCUT2D eigenvalue weighted by Crippen LogP contribution is 2.32. The summed E-state index contributed by atoms with van der Waals surface area (Å²) in [6, 6.07) is 23.7. The molecule has 0 unspecified atom stereocenters. The van der Waals surface area contributed by atoms with Gasteiger partial charge in [-0.1, -0.05) is 60.3 Å². The molecule has 0 saturated heterocycles. The Morgan fingerprint density at radius 2 is 1.79 bits per heavy atom. The first-order chi connectivity index (χ1) is 13.8. The largest absolute Gasteiger partial charge is 0.268 e. The smallest absolute Gasteiger partial charge is 0.267 e. The summed E-state index contributed by atoms with van der Waals surface area (Å²) in [5.41, 5.74) is 1.83. The minimum atomic E-state index is -0.0579. The third-order valence-corrected chi connectivity index (χ3v) is 6.37. The molecule has 0 atom stereocenters. The molecule has 4 nitrogen and oxygen atoms in total. The number of rotatable bonds is 6. The van der Waals surface area contributed by atoms with Crippen LogP contribution in [0.25, 0.3) is 26.3 Å². The van der Waals surface area contributed by atoms with Crippen molar-refractivity contribution in [3.8, 4) is 22.2 Å². The van der Waals surface area contributed by atoms with Crippen molar-refractivity contribution in [3.05, 3.63) is 77.1 Å². The molecule has 138 valence electrons. The van der Waals surface area contributed by atoms with Crippen LogP contribution in [-0.4, -0.2) is 15.3 Å². The van der Waals surface area contributed by atoms with Crippen LogP contribution in [-0.2, 0) is 0 Å². The predicted molar refractivity (Wildman–Crippen MR) is 116 cm³/mol. The van der Waals surface area contributed by atoms with Crippen LogP contribution in [0.2, 0.25) is 0 Å². The van der Waals surface area contributed by atoms with Crippen LogP contribution in [0.3, 0.4) is 0 Å². The molecule has 28 heavy (non-hydrogen) atoms. The fourth-order valence-electron chi connectivity index (χ4n) is 2.92. The quantitative estimate of drug-likeness (QED) is 0.242. The molecular weight excluding hydrogens is 386 g/mol. The van der Waals surface area contributed by atoms with Gasteiger partial charge >= 0.3 is 0 Å². The van der Waals surface area contributed by atoms with Crippen LogP contribution in [0.5, 0.6) is 0 Å². The van der Waals surface area contributed by atoms with Crippen LogP contribution in [0, 0.1) is 11.3 Å². The molecule has 2 heterocycles. The van der Waals surface area contributed by atoms with E-state index in [4.69, 9.17) is 10.2 Å². The molecule has 0 amide bonds. The highest BCUT2D eigenvalue weighted by Gasteiger charge is 2.16. The summed E-state index contributed by atoms with van der Waals surface area (Å²) in [5, 5.41) is 10.1. The van der Waals surface area contributed by atoms with Crippen LogP contribution < -0.4 is 5.56 Å². The molecule has 0 aliphatic rings. The number of para-hydroxylation sites is 1. The summed E-state index contributed by atoms with van der Waals surface area (Å²) in [7, 11) is 0. The van der Waals surface area contributed by atoms with Gasteiger partial charge in [0.2, 0.25) is 0 Å². The van der Waals surface area contributed by atoms with E-state index >= 15 is 0 Å². The summed E-state index contributed by atoms with van der Waals surface area (Å²) < 4.78 is 1.68. The first-order valence-corrected chi connectivity index (χ1v) is 10.8. The van der Waals surface area contributed by atoms with Gasteiger partial charge < -0.3 is 0 Å². The molecule has 2 aromatic carbocycles. The second-order valence-electron chi connectivity index (χ2n) is 6.18. The van der Waals surface area contributed by atoms with Gasteiger partial charge in [-0.2, -0.15) is 5.26 Å².